The molecular weight excluding hydrogens is 462 g/mol. The number of nitrogens with zero attached hydrogens (tertiary/aromatic N) is 1. The number of aryl methyl sites for hydroxylation is 1. The second kappa shape index (κ2) is 10.2. The first-order chi connectivity index (χ1) is 15.5. The number of hydrogen-bond acceptors (Lipinski definition) is 5. The molecule has 1 aliphatic heterocycles. The van der Waals surface area contributed by atoms with Crippen LogP contribution in [0, 0.1) is 6.92 Å². The highest BCUT2D eigenvalue weighted by Gasteiger charge is 2.33. The summed E-state index contributed by atoms with van der Waals surface area (Å²) in [5.41, 5.74) is 2.63. The predicted octanol–water partition coefficient (Wildman–Crippen LogP) is 6.51. The van der Waals surface area contributed by atoms with Crippen molar-refractivity contribution in [2.45, 2.75) is 6.92 Å². The van der Waals surface area contributed by atoms with E-state index in [2.05, 4.69) is 0 Å². The van der Waals surface area contributed by atoms with Crippen LogP contribution < -0.4 is 14.4 Å². The zero-order chi connectivity index (χ0) is 22.5. The van der Waals surface area contributed by atoms with Crippen LogP contribution in [0.2, 0.25) is 5.02 Å². The number of thioether (sulfide) groups is 1. The lowest BCUT2D eigenvalue weighted by molar-refractivity contribution is -0.113. The topological polar surface area (TPSA) is 38.8 Å². The summed E-state index contributed by atoms with van der Waals surface area (Å²) in [6, 6.07) is 22.5. The number of anilines is 1. The Morgan fingerprint density at radius 3 is 2.47 bits per heavy atom. The van der Waals surface area contributed by atoms with E-state index in [1.807, 2.05) is 61.5 Å². The van der Waals surface area contributed by atoms with Crippen LogP contribution in [-0.4, -0.2) is 23.4 Å². The molecule has 7 heteroatoms. The number of amides is 1. The van der Waals surface area contributed by atoms with Crippen LogP contribution in [0.1, 0.15) is 11.1 Å². The third kappa shape index (κ3) is 5.33. The number of carbonyl (C=O) groups is 1. The van der Waals surface area contributed by atoms with Crippen molar-refractivity contribution in [1.29, 1.82) is 0 Å². The number of halogens is 1. The van der Waals surface area contributed by atoms with Crippen LogP contribution in [0.3, 0.4) is 0 Å². The maximum Gasteiger partial charge on any atom is 0.270 e. The van der Waals surface area contributed by atoms with Gasteiger partial charge in [-0.3, -0.25) is 9.69 Å². The Morgan fingerprint density at radius 1 is 1.00 bits per heavy atom. The molecule has 0 spiro atoms. The SMILES string of the molecule is Cc1ccc(OCCOc2ccc(Cl)cc2C=C2SC(=S)N(c3ccccc3)C2=O)cc1. The molecule has 0 saturated carbocycles. The molecule has 0 aliphatic carbocycles. The molecule has 3 aromatic carbocycles. The van der Waals surface area contributed by atoms with Gasteiger partial charge in [-0.2, -0.15) is 0 Å². The first kappa shape index (κ1) is 22.4. The lowest BCUT2D eigenvalue weighted by atomic mass is 10.1. The Balaban J connectivity index is 1.47. The minimum absolute atomic E-state index is 0.167. The van der Waals surface area contributed by atoms with Crippen molar-refractivity contribution in [3.63, 3.8) is 0 Å². The van der Waals surface area contributed by atoms with Crippen molar-refractivity contribution in [3.8, 4) is 11.5 Å². The minimum atomic E-state index is -0.167. The summed E-state index contributed by atoms with van der Waals surface area (Å²) < 4.78 is 12.1. The van der Waals surface area contributed by atoms with Crippen LogP contribution >= 0.6 is 35.6 Å². The van der Waals surface area contributed by atoms with Crippen LogP contribution in [0.25, 0.3) is 6.08 Å². The van der Waals surface area contributed by atoms with Gasteiger partial charge < -0.3 is 9.47 Å². The lowest BCUT2D eigenvalue weighted by Crippen LogP contribution is -2.27. The van der Waals surface area contributed by atoms with E-state index < -0.39 is 0 Å². The first-order valence-corrected chi connectivity index (χ1v) is 11.6. The molecule has 1 heterocycles. The van der Waals surface area contributed by atoms with E-state index in [0.717, 1.165) is 11.4 Å². The van der Waals surface area contributed by atoms with Crippen molar-refractivity contribution in [3.05, 3.63) is 93.9 Å². The maximum absolute atomic E-state index is 13.0. The van der Waals surface area contributed by atoms with Gasteiger partial charge in [-0.25, -0.2) is 0 Å². The van der Waals surface area contributed by atoms with Gasteiger partial charge >= 0.3 is 0 Å². The second-order valence-electron chi connectivity index (χ2n) is 7.04. The van der Waals surface area contributed by atoms with Gasteiger partial charge in [-0.05, 0) is 55.5 Å². The standard InChI is InChI=1S/C25H20ClNO3S2/c1-17-7-10-21(11-8-17)29-13-14-30-22-12-9-19(26)15-18(22)16-23-24(28)27(25(31)32-23)20-5-3-2-4-6-20/h2-12,15-16H,13-14H2,1H3. The van der Waals surface area contributed by atoms with Crippen molar-refractivity contribution in [2.24, 2.45) is 0 Å². The van der Waals surface area contributed by atoms with Crippen molar-refractivity contribution in [2.75, 3.05) is 18.1 Å². The highest BCUT2D eigenvalue weighted by molar-refractivity contribution is 8.27. The van der Waals surface area contributed by atoms with Gasteiger partial charge in [0, 0.05) is 10.6 Å². The molecule has 1 amide bonds. The average molecular weight is 482 g/mol. The fourth-order valence-corrected chi connectivity index (χ4v) is 4.59. The number of hydrogen-bond donors (Lipinski definition) is 0. The molecule has 0 N–H and O–H groups in total. The molecule has 0 bridgehead atoms. The van der Waals surface area contributed by atoms with Crippen LogP contribution in [0.15, 0.2) is 77.7 Å². The number of benzene rings is 3. The van der Waals surface area contributed by atoms with Gasteiger partial charge in [0.05, 0.1) is 10.6 Å². The van der Waals surface area contributed by atoms with Crippen LogP contribution in [-0.2, 0) is 4.79 Å². The van der Waals surface area contributed by atoms with Crippen molar-refractivity contribution >= 4 is 57.6 Å². The maximum atomic E-state index is 13.0. The van der Waals surface area contributed by atoms with E-state index in [1.165, 1.54) is 22.2 Å². The molecule has 0 unspecified atom stereocenters. The van der Waals surface area contributed by atoms with E-state index in [9.17, 15) is 4.79 Å². The van der Waals surface area contributed by atoms with Gasteiger partial charge in [0.15, 0.2) is 4.32 Å². The van der Waals surface area contributed by atoms with Gasteiger partial charge in [0.2, 0.25) is 0 Å². The highest BCUT2D eigenvalue weighted by Crippen LogP contribution is 2.37. The normalized spacial score (nSPS) is 14.8. The van der Waals surface area contributed by atoms with Gasteiger partial charge in [0.1, 0.15) is 24.7 Å². The Kier molecular flexibility index (Phi) is 7.15. The third-order valence-electron chi connectivity index (χ3n) is 4.70. The summed E-state index contributed by atoms with van der Waals surface area (Å²) >= 11 is 12.9. The zero-order valence-electron chi connectivity index (χ0n) is 17.3. The number of ether oxygens (including phenoxy) is 2. The number of rotatable bonds is 7. The Labute approximate surface area is 201 Å². The second-order valence-corrected chi connectivity index (χ2v) is 9.16. The Bertz CT molecular complexity index is 1160. The largest absolute Gasteiger partial charge is 0.490 e. The summed E-state index contributed by atoms with van der Waals surface area (Å²) in [4.78, 5) is 15.1. The van der Waals surface area contributed by atoms with Gasteiger partial charge in [0.25, 0.3) is 5.91 Å². The molecule has 3 aromatic rings. The zero-order valence-corrected chi connectivity index (χ0v) is 19.7. The smallest absolute Gasteiger partial charge is 0.270 e. The molecule has 0 aromatic heterocycles. The molecule has 1 aliphatic rings. The van der Waals surface area contributed by atoms with Crippen molar-refractivity contribution in [1.82, 2.24) is 0 Å². The summed E-state index contributed by atoms with van der Waals surface area (Å²) in [6.07, 6.45) is 1.77. The quantitative estimate of drug-likeness (QED) is 0.218. The molecular formula is C25H20ClNO3S2. The third-order valence-corrected chi connectivity index (χ3v) is 6.23. The molecule has 1 saturated heterocycles. The highest BCUT2D eigenvalue weighted by atomic mass is 35.5. The monoisotopic (exact) mass is 481 g/mol. The van der Waals surface area contributed by atoms with E-state index in [4.69, 9.17) is 33.3 Å². The van der Waals surface area contributed by atoms with E-state index in [1.54, 1.807) is 24.3 Å². The molecule has 32 heavy (non-hydrogen) atoms. The van der Waals surface area contributed by atoms with E-state index in [0.29, 0.717) is 38.8 Å². The average Bonchev–Trinajstić information content (AvgIpc) is 3.07. The number of para-hydroxylation sites is 1. The molecule has 0 atom stereocenters. The fourth-order valence-electron chi connectivity index (χ4n) is 3.12. The fraction of sp³-hybridized carbons (Fsp3) is 0.120. The Hall–Kier alpha value is -2.80. The minimum Gasteiger partial charge on any atom is -0.490 e. The van der Waals surface area contributed by atoms with Gasteiger partial charge in [-0.1, -0.05) is 71.5 Å². The molecule has 162 valence electrons. The van der Waals surface area contributed by atoms with Crippen LogP contribution in [0.4, 0.5) is 5.69 Å². The first-order valence-electron chi connectivity index (χ1n) is 9.96. The predicted molar refractivity (Wildman–Crippen MR) is 136 cm³/mol. The summed E-state index contributed by atoms with van der Waals surface area (Å²) in [5.74, 6) is 1.24. The lowest BCUT2D eigenvalue weighted by Gasteiger charge is -2.14. The Morgan fingerprint density at radius 2 is 1.72 bits per heavy atom. The van der Waals surface area contributed by atoms with E-state index in [-0.39, 0.29) is 5.91 Å². The van der Waals surface area contributed by atoms with Crippen LogP contribution in [0.5, 0.6) is 11.5 Å². The number of thiocarbonyl (C=S) groups is 1. The molecule has 4 nitrogen and oxygen atoms in total. The van der Waals surface area contributed by atoms with Crippen molar-refractivity contribution < 1.29 is 14.3 Å². The summed E-state index contributed by atoms with van der Waals surface area (Å²) in [5, 5.41) is 0.554. The van der Waals surface area contributed by atoms with Gasteiger partial charge in [-0.15, -0.1) is 0 Å². The molecule has 4 rings (SSSR count). The summed E-state index contributed by atoms with van der Waals surface area (Å²) in [7, 11) is 0. The van der Waals surface area contributed by atoms with E-state index >= 15 is 0 Å². The number of carbonyl (C=O) groups excluding carboxylic acids is 1. The molecule has 1 fully saturated rings. The summed E-state index contributed by atoms with van der Waals surface area (Å²) in [6.45, 7) is 2.77. The molecule has 0 radical (unpaired) electrons.